The SMILES string of the molecule is CCCCNC(=NCC(=O)N(C)C)N(C)CCOc1ccccc1. The zero-order valence-electron chi connectivity index (χ0n) is 15.3. The molecular weight excluding hydrogens is 304 g/mol. The molecule has 0 atom stereocenters. The first-order valence-corrected chi connectivity index (χ1v) is 8.42. The molecule has 134 valence electrons. The molecule has 0 unspecified atom stereocenters. The minimum atomic E-state index is -0.0151. The number of guanidine groups is 1. The average Bonchev–Trinajstić information content (AvgIpc) is 2.58. The summed E-state index contributed by atoms with van der Waals surface area (Å²) in [5.74, 6) is 1.57. The van der Waals surface area contributed by atoms with Gasteiger partial charge in [-0.1, -0.05) is 31.5 Å². The zero-order chi connectivity index (χ0) is 17.8. The van der Waals surface area contributed by atoms with Crippen molar-refractivity contribution in [1.82, 2.24) is 15.1 Å². The van der Waals surface area contributed by atoms with Gasteiger partial charge in [-0.15, -0.1) is 0 Å². The summed E-state index contributed by atoms with van der Waals surface area (Å²) < 4.78 is 5.72. The molecule has 1 N–H and O–H groups in total. The Morgan fingerprint density at radius 1 is 1.21 bits per heavy atom. The second kappa shape index (κ2) is 11.3. The van der Waals surface area contributed by atoms with Gasteiger partial charge in [0.15, 0.2) is 5.96 Å². The molecule has 6 nitrogen and oxygen atoms in total. The maximum atomic E-state index is 11.7. The van der Waals surface area contributed by atoms with Gasteiger partial charge in [-0.2, -0.15) is 0 Å². The number of aliphatic imine (C=N–C) groups is 1. The van der Waals surface area contributed by atoms with Crippen LogP contribution >= 0.6 is 0 Å². The molecule has 24 heavy (non-hydrogen) atoms. The molecular formula is C18H30N4O2. The maximum Gasteiger partial charge on any atom is 0.243 e. The van der Waals surface area contributed by atoms with Gasteiger partial charge in [-0.25, -0.2) is 4.99 Å². The van der Waals surface area contributed by atoms with E-state index in [0.29, 0.717) is 13.2 Å². The van der Waals surface area contributed by atoms with E-state index in [1.165, 1.54) is 0 Å². The van der Waals surface area contributed by atoms with Gasteiger partial charge >= 0.3 is 0 Å². The molecule has 0 aliphatic rings. The Kier molecular flexibility index (Phi) is 9.34. The molecule has 6 heteroatoms. The quantitative estimate of drug-likeness (QED) is 0.425. The standard InChI is InChI=1S/C18H30N4O2/c1-5-6-12-19-18(20-15-17(23)21(2)3)22(4)13-14-24-16-10-8-7-9-11-16/h7-11H,5-6,12-15H2,1-4H3,(H,19,20). The molecule has 0 fully saturated rings. The lowest BCUT2D eigenvalue weighted by Gasteiger charge is -2.23. The van der Waals surface area contributed by atoms with Crippen molar-refractivity contribution in [2.45, 2.75) is 19.8 Å². The smallest absolute Gasteiger partial charge is 0.243 e. The van der Waals surface area contributed by atoms with Crippen molar-refractivity contribution in [2.24, 2.45) is 4.99 Å². The first-order valence-electron chi connectivity index (χ1n) is 8.42. The molecule has 1 aromatic rings. The van der Waals surface area contributed by atoms with Gasteiger partial charge in [0.05, 0.1) is 6.54 Å². The number of nitrogens with zero attached hydrogens (tertiary/aromatic N) is 3. The van der Waals surface area contributed by atoms with Gasteiger partial charge in [0.2, 0.25) is 5.91 Å². The van der Waals surface area contributed by atoms with Crippen LogP contribution in [0.4, 0.5) is 0 Å². The Morgan fingerprint density at radius 3 is 2.54 bits per heavy atom. The van der Waals surface area contributed by atoms with E-state index < -0.39 is 0 Å². The predicted octanol–water partition coefficient (Wildman–Crippen LogP) is 1.83. The highest BCUT2D eigenvalue weighted by molar-refractivity contribution is 5.84. The molecule has 0 aliphatic carbocycles. The molecule has 1 amide bonds. The number of hydrogen-bond donors (Lipinski definition) is 1. The number of unbranched alkanes of at least 4 members (excludes halogenated alkanes) is 1. The summed E-state index contributed by atoms with van der Waals surface area (Å²) in [6.45, 7) is 4.37. The summed E-state index contributed by atoms with van der Waals surface area (Å²) in [7, 11) is 5.42. The van der Waals surface area contributed by atoms with Crippen molar-refractivity contribution in [1.29, 1.82) is 0 Å². The molecule has 0 aliphatic heterocycles. The first-order chi connectivity index (χ1) is 11.5. The van der Waals surface area contributed by atoms with E-state index in [0.717, 1.165) is 31.1 Å². The zero-order valence-corrected chi connectivity index (χ0v) is 15.3. The molecule has 0 aromatic heterocycles. The van der Waals surface area contributed by atoms with Crippen LogP contribution in [0.5, 0.6) is 5.75 Å². The maximum absolute atomic E-state index is 11.7. The minimum Gasteiger partial charge on any atom is -0.492 e. The van der Waals surface area contributed by atoms with E-state index in [4.69, 9.17) is 4.74 Å². The van der Waals surface area contributed by atoms with Gasteiger partial charge in [0.25, 0.3) is 0 Å². The minimum absolute atomic E-state index is 0.0151. The lowest BCUT2D eigenvalue weighted by molar-refractivity contribution is -0.127. The van der Waals surface area contributed by atoms with Crippen molar-refractivity contribution < 1.29 is 9.53 Å². The summed E-state index contributed by atoms with van der Waals surface area (Å²) in [4.78, 5) is 19.7. The molecule has 0 saturated heterocycles. The third kappa shape index (κ3) is 7.85. The van der Waals surface area contributed by atoms with Crippen LogP contribution in [0.3, 0.4) is 0 Å². The summed E-state index contributed by atoms with van der Waals surface area (Å²) in [6, 6.07) is 9.73. The summed E-state index contributed by atoms with van der Waals surface area (Å²) in [5, 5.41) is 3.31. The molecule has 0 bridgehead atoms. The summed E-state index contributed by atoms with van der Waals surface area (Å²) in [5.41, 5.74) is 0. The highest BCUT2D eigenvalue weighted by Gasteiger charge is 2.09. The Balaban J connectivity index is 2.53. The van der Waals surface area contributed by atoms with Gasteiger partial charge in [0, 0.05) is 27.7 Å². The van der Waals surface area contributed by atoms with Crippen molar-refractivity contribution >= 4 is 11.9 Å². The first kappa shape index (κ1) is 19.8. The monoisotopic (exact) mass is 334 g/mol. The molecule has 1 aromatic carbocycles. The van der Waals surface area contributed by atoms with Crippen LogP contribution in [0, 0.1) is 0 Å². The van der Waals surface area contributed by atoms with Gasteiger partial charge in [-0.05, 0) is 18.6 Å². The molecule has 0 saturated carbocycles. The van der Waals surface area contributed by atoms with Crippen LogP contribution in [0.15, 0.2) is 35.3 Å². The Morgan fingerprint density at radius 2 is 1.92 bits per heavy atom. The number of benzene rings is 1. The molecule has 0 heterocycles. The van der Waals surface area contributed by atoms with E-state index >= 15 is 0 Å². The van der Waals surface area contributed by atoms with Gasteiger partial charge in [-0.3, -0.25) is 4.79 Å². The third-order valence-corrected chi connectivity index (χ3v) is 3.48. The van der Waals surface area contributed by atoms with E-state index in [1.807, 2.05) is 42.3 Å². The predicted molar refractivity (Wildman–Crippen MR) is 98.5 cm³/mol. The number of carbonyl (C=O) groups is 1. The van der Waals surface area contributed by atoms with Crippen molar-refractivity contribution in [3.05, 3.63) is 30.3 Å². The van der Waals surface area contributed by atoms with E-state index in [9.17, 15) is 4.79 Å². The van der Waals surface area contributed by atoms with Gasteiger partial charge < -0.3 is 19.9 Å². The van der Waals surface area contributed by atoms with Crippen LogP contribution in [-0.4, -0.2) is 69.1 Å². The Hall–Kier alpha value is -2.24. The average molecular weight is 334 g/mol. The van der Waals surface area contributed by atoms with E-state index in [2.05, 4.69) is 17.2 Å². The number of ether oxygens (including phenoxy) is 1. The van der Waals surface area contributed by atoms with E-state index in [-0.39, 0.29) is 12.5 Å². The van der Waals surface area contributed by atoms with Crippen molar-refractivity contribution in [3.63, 3.8) is 0 Å². The fraction of sp³-hybridized carbons (Fsp3) is 0.556. The Bertz CT molecular complexity index is 503. The van der Waals surface area contributed by atoms with Crippen LogP contribution in [0.1, 0.15) is 19.8 Å². The Labute approximate surface area is 145 Å². The molecule has 0 spiro atoms. The number of rotatable bonds is 9. The fourth-order valence-electron chi connectivity index (χ4n) is 1.90. The number of para-hydroxylation sites is 1. The van der Waals surface area contributed by atoms with E-state index in [1.54, 1.807) is 19.0 Å². The largest absolute Gasteiger partial charge is 0.492 e. The highest BCUT2D eigenvalue weighted by Crippen LogP contribution is 2.07. The summed E-state index contributed by atoms with van der Waals surface area (Å²) in [6.07, 6.45) is 2.17. The number of hydrogen-bond acceptors (Lipinski definition) is 3. The number of carbonyl (C=O) groups excluding carboxylic acids is 1. The third-order valence-electron chi connectivity index (χ3n) is 3.48. The van der Waals surface area contributed by atoms with Gasteiger partial charge in [0.1, 0.15) is 18.9 Å². The second-order valence-corrected chi connectivity index (χ2v) is 5.79. The second-order valence-electron chi connectivity index (χ2n) is 5.79. The normalized spacial score (nSPS) is 11.1. The highest BCUT2D eigenvalue weighted by atomic mass is 16.5. The van der Waals surface area contributed by atoms with Crippen molar-refractivity contribution in [3.8, 4) is 5.75 Å². The lowest BCUT2D eigenvalue weighted by Crippen LogP contribution is -2.42. The topological polar surface area (TPSA) is 57.2 Å². The number of amides is 1. The van der Waals surface area contributed by atoms with Crippen LogP contribution in [0.2, 0.25) is 0 Å². The van der Waals surface area contributed by atoms with Crippen LogP contribution < -0.4 is 10.1 Å². The number of nitrogens with one attached hydrogen (secondary N) is 1. The molecule has 0 radical (unpaired) electrons. The van der Waals surface area contributed by atoms with Crippen LogP contribution in [-0.2, 0) is 4.79 Å². The lowest BCUT2D eigenvalue weighted by atomic mass is 10.3. The molecule has 1 rings (SSSR count). The number of likely N-dealkylation sites (N-methyl/N-ethyl adjacent to an activating group) is 2. The summed E-state index contributed by atoms with van der Waals surface area (Å²) >= 11 is 0. The van der Waals surface area contributed by atoms with Crippen molar-refractivity contribution in [2.75, 3.05) is 47.4 Å². The fourth-order valence-corrected chi connectivity index (χ4v) is 1.90. The van der Waals surface area contributed by atoms with Crippen LogP contribution in [0.25, 0.3) is 0 Å².